The second-order valence-corrected chi connectivity index (χ2v) is 8.81. The van der Waals surface area contributed by atoms with Gasteiger partial charge in [-0.05, 0) is 42.3 Å². The third kappa shape index (κ3) is 5.93. The van der Waals surface area contributed by atoms with Gasteiger partial charge in [-0.15, -0.1) is 0 Å². The fraction of sp³-hybridized carbons (Fsp3) is 0.304. The average Bonchev–Trinajstić information content (AvgIpc) is 3.63. The number of nitrogens with zero attached hydrogens (tertiary/aromatic N) is 5. The maximum absolute atomic E-state index is 13.2. The van der Waals surface area contributed by atoms with Crippen LogP contribution in [-0.2, 0) is 11.3 Å². The van der Waals surface area contributed by atoms with Gasteiger partial charge in [-0.1, -0.05) is 23.7 Å². The number of aryl methyl sites for hydroxylation is 1. The van der Waals surface area contributed by atoms with Crippen LogP contribution in [0.2, 0.25) is 5.02 Å². The van der Waals surface area contributed by atoms with Crippen molar-refractivity contribution in [1.82, 2.24) is 35.5 Å². The molecule has 3 aromatic heterocycles. The fourth-order valence-electron chi connectivity index (χ4n) is 4.04. The van der Waals surface area contributed by atoms with Gasteiger partial charge in [-0.25, -0.2) is 14.4 Å². The van der Waals surface area contributed by atoms with E-state index in [9.17, 15) is 18.0 Å². The molecule has 1 atom stereocenters. The van der Waals surface area contributed by atoms with E-state index in [2.05, 4.69) is 25.9 Å². The summed E-state index contributed by atoms with van der Waals surface area (Å²) in [6.07, 6.45) is -2.62. The lowest BCUT2D eigenvalue weighted by Crippen LogP contribution is -2.36. The first-order valence-corrected chi connectivity index (χ1v) is 11.9. The first-order chi connectivity index (χ1) is 18.5. The molecule has 0 saturated carbocycles. The zero-order valence-electron chi connectivity index (χ0n) is 20.3. The highest BCUT2D eigenvalue weighted by atomic mass is 35.5. The molecule has 0 bridgehead atoms. The van der Waals surface area contributed by atoms with E-state index in [1.54, 1.807) is 12.3 Å². The van der Waals surface area contributed by atoms with Gasteiger partial charge in [0.15, 0.2) is 17.3 Å². The van der Waals surface area contributed by atoms with Crippen LogP contribution in [0.25, 0.3) is 33.8 Å². The Hall–Kier alpha value is -4.24. The molecule has 0 radical (unpaired) electrons. The molecular formula is C23H22ClF3N8O4. The number of hydrogen-bond acceptors (Lipinski definition) is 9. The Balaban J connectivity index is 0.000000448. The number of rotatable bonds is 5. The number of aromatic nitrogens is 5. The van der Waals surface area contributed by atoms with Crippen LogP contribution >= 0.6 is 11.6 Å². The molecule has 5 N–H and O–H groups in total. The molecule has 206 valence electrons. The van der Waals surface area contributed by atoms with Gasteiger partial charge in [0.25, 0.3) is 5.91 Å². The molecule has 5 rings (SSSR count). The second-order valence-electron chi connectivity index (χ2n) is 8.37. The number of benzene rings is 1. The number of aliphatic carboxylic acids is 1. The Labute approximate surface area is 223 Å². The van der Waals surface area contributed by atoms with Crippen LogP contribution in [0.1, 0.15) is 23.7 Å². The maximum atomic E-state index is 13.2. The van der Waals surface area contributed by atoms with Gasteiger partial charge >= 0.3 is 12.1 Å². The summed E-state index contributed by atoms with van der Waals surface area (Å²) in [5.74, 6) is -2.39. The number of carboxylic acid groups (broad SMARTS) is 1. The molecule has 1 fully saturated rings. The van der Waals surface area contributed by atoms with Crippen molar-refractivity contribution in [1.29, 1.82) is 0 Å². The van der Waals surface area contributed by atoms with Gasteiger partial charge in [-0.2, -0.15) is 13.2 Å². The Morgan fingerprint density at radius 1 is 1.31 bits per heavy atom. The van der Waals surface area contributed by atoms with Crippen LogP contribution in [-0.4, -0.2) is 67.1 Å². The first kappa shape index (κ1) is 27.8. The lowest BCUT2D eigenvalue weighted by Gasteiger charge is -2.14. The molecule has 16 heteroatoms. The van der Waals surface area contributed by atoms with Crippen molar-refractivity contribution < 1.29 is 32.5 Å². The summed E-state index contributed by atoms with van der Waals surface area (Å²) in [5, 5.41) is 21.6. The summed E-state index contributed by atoms with van der Waals surface area (Å²) in [7, 11) is 0. The van der Waals surface area contributed by atoms with Crippen LogP contribution in [0.4, 0.5) is 19.0 Å². The van der Waals surface area contributed by atoms with Crippen molar-refractivity contribution in [3.8, 4) is 22.8 Å². The van der Waals surface area contributed by atoms with Crippen LogP contribution in [0.15, 0.2) is 35.1 Å². The van der Waals surface area contributed by atoms with E-state index >= 15 is 0 Å². The van der Waals surface area contributed by atoms with Crippen molar-refractivity contribution in [3.05, 3.63) is 41.0 Å². The van der Waals surface area contributed by atoms with Crippen molar-refractivity contribution in [2.24, 2.45) is 0 Å². The van der Waals surface area contributed by atoms with Crippen molar-refractivity contribution >= 4 is 40.3 Å². The van der Waals surface area contributed by atoms with Crippen LogP contribution < -0.4 is 16.4 Å². The number of nitrogens with one attached hydrogen (secondary N) is 2. The lowest BCUT2D eigenvalue weighted by atomic mass is 10.1. The Morgan fingerprint density at radius 2 is 2.05 bits per heavy atom. The number of alkyl halides is 3. The van der Waals surface area contributed by atoms with Gasteiger partial charge < -0.3 is 26.0 Å². The molecular weight excluding hydrogens is 545 g/mol. The quantitative estimate of drug-likeness (QED) is 0.281. The minimum absolute atomic E-state index is 0.0676. The van der Waals surface area contributed by atoms with E-state index in [0.29, 0.717) is 45.4 Å². The number of amides is 1. The van der Waals surface area contributed by atoms with Gasteiger partial charge in [0.2, 0.25) is 0 Å². The normalized spacial score (nSPS) is 15.2. The van der Waals surface area contributed by atoms with Crippen molar-refractivity contribution in [3.63, 3.8) is 0 Å². The van der Waals surface area contributed by atoms with E-state index in [4.69, 9.17) is 36.8 Å². The van der Waals surface area contributed by atoms with Crippen LogP contribution in [0.5, 0.6) is 0 Å². The van der Waals surface area contributed by atoms with E-state index < -0.39 is 12.1 Å². The third-order valence-electron chi connectivity index (χ3n) is 5.79. The molecule has 4 heterocycles. The minimum atomic E-state index is -5.08. The topological polar surface area (TPSA) is 174 Å². The summed E-state index contributed by atoms with van der Waals surface area (Å²) >= 11 is 6.22. The number of hydrogen-bond donors (Lipinski definition) is 4. The van der Waals surface area contributed by atoms with Gasteiger partial charge in [0.05, 0.1) is 16.8 Å². The standard InChI is InChI=1S/C21H21ClN8O2.C2HF3O2/c1-2-30-18-14(21(31)26-13-6-7-24-9-13)10-25-15(11-4-3-5-12(22)8-11)16(18)27-20(30)17-19(23)29-32-28-17;3-2(4,5)1(6)7/h3-5,8,10,13,24H,2,6-7,9H2,1H3,(H2,23,29)(H,26,31);(H,6,7). The SMILES string of the molecule is CCn1c(-c2nonc2N)nc2c(-c3cccc(Cl)c3)ncc(C(=O)NC3CCNC3)c21.O=C(O)C(F)(F)F. The number of carbonyl (C=O) groups is 2. The smallest absolute Gasteiger partial charge is 0.475 e. The predicted octanol–water partition coefficient (Wildman–Crippen LogP) is 3.13. The Bertz CT molecular complexity index is 1520. The van der Waals surface area contributed by atoms with Crippen molar-refractivity contribution in [2.75, 3.05) is 18.8 Å². The van der Waals surface area contributed by atoms with Gasteiger partial charge in [0, 0.05) is 35.9 Å². The highest BCUT2D eigenvalue weighted by Crippen LogP contribution is 2.34. The summed E-state index contributed by atoms with van der Waals surface area (Å²) in [5.41, 5.74) is 9.26. The number of anilines is 1. The van der Waals surface area contributed by atoms with Gasteiger partial charge in [0.1, 0.15) is 5.52 Å². The summed E-state index contributed by atoms with van der Waals surface area (Å²) in [6, 6.07) is 7.41. The second kappa shape index (κ2) is 11.2. The van der Waals surface area contributed by atoms with E-state index in [0.717, 1.165) is 25.1 Å². The molecule has 1 amide bonds. The zero-order valence-corrected chi connectivity index (χ0v) is 21.0. The molecule has 4 aromatic rings. The Kier molecular flexibility index (Phi) is 8.01. The molecule has 12 nitrogen and oxygen atoms in total. The molecule has 39 heavy (non-hydrogen) atoms. The van der Waals surface area contributed by atoms with Gasteiger partial charge in [-0.3, -0.25) is 9.78 Å². The van der Waals surface area contributed by atoms with Crippen LogP contribution in [0.3, 0.4) is 0 Å². The summed E-state index contributed by atoms with van der Waals surface area (Å²) in [4.78, 5) is 31.5. The number of carboxylic acids is 1. The highest BCUT2D eigenvalue weighted by molar-refractivity contribution is 6.30. The molecule has 1 aliphatic heterocycles. The fourth-order valence-corrected chi connectivity index (χ4v) is 4.23. The predicted molar refractivity (Wildman–Crippen MR) is 134 cm³/mol. The monoisotopic (exact) mass is 566 g/mol. The van der Waals surface area contributed by atoms with Crippen molar-refractivity contribution in [2.45, 2.75) is 32.1 Å². The first-order valence-electron chi connectivity index (χ1n) is 11.6. The Morgan fingerprint density at radius 3 is 2.62 bits per heavy atom. The third-order valence-corrected chi connectivity index (χ3v) is 6.03. The molecule has 1 saturated heterocycles. The van der Waals surface area contributed by atoms with E-state index in [1.165, 1.54) is 0 Å². The lowest BCUT2D eigenvalue weighted by molar-refractivity contribution is -0.192. The molecule has 1 aliphatic rings. The average molecular weight is 567 g/mol. The minimum Gasteiger partial charge on any atom is -0.475 e. The molecule has 1 aromatic carbocycles. The van der Waals surface area contributed by atoms with Crippen LogP contribution in [0, 0.1) is 0 Å². The number of nitrogens with two attached hydrogens (primary N) is 1. The van der Waals surface area contributed by atoms with E-state index in [-0.39, 0.29) is 17.8 Å². The summed E-state index contributed by atoms with van der Waals surface area (Å²) in [6.45, 7) is 4.09. The number of carbonyl (C=O) groups excluding carboxylic acids is 1. The number of pyridine rings is 1. The number of nitrogen functional groups attached to an aromatic ring is 1. The molecule has 0 aliphatic carbocycles. The number of fused-ring (bicyclic) bond motifs is 1. The zero-order chi connectivity index (χ0) is 28.3. The van der Waals surface area contributed by atoms with E-state index in [1.807, 2.05) is 29.7 Å². The highest BCUT2D eigenvalue weighted by Gasteiger charge is 2.38. The number of halogens is 4. The maximum Gasteiger partial charge on any atom is 0.490 e. The molecule has 1 unspecified atom stereocenters. The number of imidazole rings is 1. The summed E-state index contributed by atoms with van der Waals surface area (Å²) < 4.78 is 38.4. The molecule has 0 spiro atoms. The largest absolute Gasteiger partial charge is 0.490 e.